The fourth-order valence-electron chi connectivity index (χ4n) is 9.80. The zero-order valence-corrected chi connectivity index (χ0v) is 34.3. The van der Waals surface area contributed by atoms with Crippen molar-refractivity contribution in [3.05, 3.63) is 218 Å². The minimum Gasteiger partial charge on any atom is -0.456 e. The number of rotatable bonds is 6. The van der Waals surface area contributed by atoms with Gasteiger partial charge >= 0.3 is 0 Å². The number of hydrogen-bond donors (Lipinski definition) is 0. The minimum atomic E-state index is 0.899. The van der Waals surface area contributed by atoms with Crippen LogP contribution in [0.5, 0.6) is 0 Å². The molecule has 0 atom stereocenters. The molecule has 290 valence electrons. The molecule has 0 spiro atoms. The summed E-state index contributed by atoms with van der Waals surface area (Å²) >= 11 is 1.88. The molecule has 0 saturated carbocycles. The van der Waals surface area contributed by atoms with Crippen molar-refractivity contribution in [3.63, 3.8) is 0 Å². The minimum absolute atomic E-state index is 0.899. The molecule has 13 rings (SSSR count). The van der Waals surface area contributed by atoms with E-state index in [1.165, 1.54) is 63.9 Å². The molecule has 0 bridgehead atoms. The van der Waals surface area contributed by atoms with Crippen LogP contribution in [0.25, 0.3) is 103 Å². The van der Waals surface area contributed by atoms with Crippen LogP contribution in [-0.4, -0.2) is 4.57 Å². The molecule has 3 aromatic heterocycles. The molecule has 0 aliphatic carbocycles. The first-order chi connectivity index (χ1) is 30.7. The molecule has 0 unspecified atom stereocenters. The largest absolute Gasteiger partial charge is 0.456 e. The van der Waals surface area contributed by atoms with Crippen LogP contribution in [0.2, 0.25) is 0 Å². The molecule has 4 heteroatoms. The number of fused-ring (bicyclic) bond motifs is 10. The Bertz CT molecular complexity index is 3830. The highest BCUT2D eigenvalue weighted by atomic mass is 32.1. The fraction of sp³-hybridized carbons (Fsp3) is 0. The van der Waals surface area contributed by atoms with Crippen molar-refractivity contribution in [1.82, 2.24) is 4.57 Å². The number of nitrogens with zero attached hydrogens (tertiary/aromatic N) is 2. The predicted molar refractivity (Wildman–Crippen MR) is 264 cm³/mol. The Morgan fingerprint density at radius 3 is 1.87 bits per heavy atom. The summed E-state index contributed by atoms with van der Waals surface area (Å²) in [4.78, 5) is 2.45. The summed E-state index contributed by atoms with van der Waals surface area (Å²) in [6.07, 6.45) is 0. The topological polar surface area (TPSA) is 21.3 Å². The van der Waals surface area contributed by atoms with Gasteiger partial charge in [-0.2, -0.15) is 0 Å². The van der Waals surface area contributed by atoms with Gasteiger partial charge in [-0.15, -0.1) is 11.3 Å². The predicted octanol–water partition coefficient (Wildman–Crippen LogP) is 17.0. The summed E-state index contributed by atoms with van der Waals surface area (Å²) in [7, 11) is 0. The first-order valence-electron chi connectivity index (χ1n) is 21.1. The molecule has 0 saturated heterocycles. The number of anilines is 3. The Morgan fingerprint density at radius 1 is 0.403 bits per heavy atom. The number of thiophene rings is 1. The monoisotopic (exact) mass is 808 g/mol. The third-order valence-corrected chi connectivity index (χ3v) is 13.8. The van der Waals surface area contributed by atoms with Gasteiger partial charge in [-0.25, -0.2) is 0 Å². The molecule has 10 aromatic carbocycles. The number of para-hydroxylation sites is 3. The van der Waals surface area contributed by atoms with Gasteiger partial charge in [-0.05, 0) is 94.9 Å². The summed E-state index contributed by atoms with van der Waals surface area (Å²) in [5.41, 5.74) is 13.4. The van der Waals surface area contributed by atoms with E-state index in [0.29, 0.717) is 0 Å². The van der Waals surface area contributed by atoms with Crippen molar-refractivity contribution in [3.8, 4) is 27.9 Å². The molecule has 13 aromatic rings. The Labute approximate surface area is 361 Å². The van der Waals surface area contributed by atoms with Gasteiger partial charge in [0.05, 0.1) is 16.7 Å². The smallest absolute Gasteiger partial charge is 0.136 e. The lowest BCUT2D eigenvalue weighted by molar-refractivity contribution is 0.669. The zero-order valence-electron chi connectivity index (χ0n) is 33.5. The van der Waals surface area contributed by atoms with E-state index < -0.39 is 0 Å². The number of furan rings is 1. The summed E-state index contributed by atoms with van der Waals surface area (Å²) in [5, 5.41) is 9.70. The standard InChI is InChI=1S/C58H36N2OS/c1-2-18-43-37(14-1)15-12-26-51(43)59(40-32-30-38(31-33-40)44-23-13-28-55-57(44)48-22-5-9-27-54(48)61-55)42-35-49(58-50(36-42)47-21-6-10-29-56(47)62-58)39-16-11-17-41(34-39)60-52-24-7-3-19-45(52)46-20-4-8-25-53(46)60/h1-36H. The maximum absolute atomic E-state index is 6.30. The van der Waals surface area contributed by atoms with Crippen molar-refractivity contribution >= 4 is 103 Å². The van der Waals surface area contributed by atoms with Crippen LogP contribution in [0.4, 0.5) is 17.1 Å². The van der Waals surface area contributed by atoms with Gasteiger partial charge < -0.3 is 13.9 Å². The highest BCUT2D eigenvalue weighted by Crippen LogP contribution is 2.48. The average Bonchev–Trinajstić information content (AvgIpc) is 4.02. The Hall–Kier alpha value is -7.92. The van der Waals surface area contributed by atoms with E-state index >= 15 is 0 Å². The molecule has 0 N–H and O–H groups in total. The van der Waals surface area contributed by atoms with Crippen molar-refractivity contribution in [1.29, 1.82) is 0 Å². The van der Waals surface area contributed by atoms with Crippen LogP contribution < -0.4 is 4.90 Å². The van der Waals surface area contributed by atoms with Gasteiger partial charge in [0.25, 0.3) is 0 Å². The van der Waals surface area contributed by atoms with Crippen LogP contribution in [0.3, 0.4) is 0 Å². The van der Waals surface area contributed by atoms with Gasteiger partial charge in [-0.3, -0.25) is 0 Å². The normalized spacial score (nSPS) is 11.9. The maximum Gasteiger partial charge on any atom is 0.136 e. The van der Waals surface area contributed by atoms with E-state index in [1.54, 1.807) is 0 Å². The SMILES string of the molecule is c1cc(-c2cc(N(c3ccc(-c4cccc5oc6ccccc6c45)cc3)c3cccc4ccccc34)cc3c2sc2ccccc23)cc(-n2c3ccccc3c3ccccc32)c1. The van der Waals surface area contributed by atoms with E-state index in [2.05, 4.69) is 216 Å². The van der Waals surface area contributed by atoms with E-state index in [9.17, 15) is 0 Å². The van der Waals surface area contributed by atoms with Gasteiger partial charge in [0, 0.05) is 69.7 Å². The van der Waals surface area contributed by atoms with Gasteiger partial charge in [0.1, 0.15) is 11.2 Å². The lowest BCUT2D eigenvalue weighted by Crippen LogP contribution is -2.10. The first kappa shape index (κ1) is 34.9. The second kappa shape index (κ2) is 13.8. The Balaban J connectivity index is 1.04. The number of aromatic nitrogens is 1. The van der Waals surface area contributed by atoms with Crippen molar-refractivity contribution in [2.45, 2.75) is 0 Å². The van der Waals surface area contributed by atoms with Gasteiger partial charge in [0.2, 0.25) is 0 Å². The first-order valence-corrected chi connectivity index (χ1v) is 21.9. The second-order valence-corrected chi connectivity index (χ2v) is 17.1. The van der Waals surface area contributed by atoms with Gasteiger partial charge in [0.15, 0.2) is 0 Å². The molecule has 3 heterocycles. The van der Waals surface area contributed by atoms with E-state index in [-0.39, 0.29) is 0 Å². The van der Waals surface area contributed by atoms with E-state index in [0.717, 1.165) is 55.8 Å². The molecular formula is C58H36N2OS. The summed E-state index contributed by atoms with van der Waals surface area (Å²) in [6, 6.07) is 79.4. The van der Waals surface area contributed by atoms with Gasteiger partial charge in [-0.1, -0.05) is 146 Å². The quantitative estimate of drug-likeness (QED) is 0.167. The van der Waals surface area contributed by atoms with E-state index in [1.807, 2.05) is 23.5 Å². The molecule has 62 heavy (non-hydrogen) atoms. The summed E-state index contributed by atoms with van der Waals surface area (Å²) in [6.45, 7) is 0. The molecule has 0 amide bonds. The van der Waals surface area contributed by atoms with Crippen LogP contribution in [0.1, 0.15) is 0 Å². The van der Waals surface area contributed by atoms with Crippen molar-refractivity contribution in [2.24, 2.45) is 0 Å². The average molecular weight is 809 g/mol. The molecule has 3 nitrogen and oxygen atoms in total. The fourth-order valence-corrected chi connectivity index (χ4v) is 11.0. The van der Waals surface area contributed by atoms with Crippen LogP contribution in [-0.2, 0) is 0 Å². The highest BCUT2D eigenvalue weighted by molar-refractivity contribution is 7.26. The van der Waals surface area contributed by atoms with Crippen molar-refractivity contribution < 1.29 is 4.42 Å². The van der Waals surface area contributed by atoms with E-state index in [4.69, 9.17) is 4.42 Å². The number of hydrogen-bond acceptors (Lipinski definition) is 3. The summed E-state index contributed by atoms with van der Waals surface area (Å²) in [5.74, 6) is 0. The van der Waals surface area contributed by atoms with Crippen LogP contribution in [0.15, 0.2) is 223 Å². The Morgan fingerprint density at radius 2 is 1.05 bits per heavy atom. The maximum atomic E-state index is 6.30. The molecule has 0 radical (unpaired) electrons. The number of benzene rings is 10. The zero-order chi connectivity index (χ0) is 40.7. The Kier molecular flexibility index (Phi) is 7.78. The lowest BCUT2D eigenvalue weighted by Gasteiger charge is -2.28. The molecular weight excluding hydrogens is 773 g/mol. The third-order valence-electron chi connectivity index (χ3n) is 12.6. The van der Waals surface area contributed by atoms with Crippen LogP contribution >= 0.6 is 11.3 Å². The molecule has 0 aliphatic heterocycles. The van der Waals surface area contributed by atoms with Crippen molar-refractivity contribution in [2.75, 3.05) is 4.90 Å². The molecule has 0 fully saturated rings. The third kappa shape index (κ3) is 5.37. The second-order valence-electron chi connectivity index (χ2n) is 16.0. The van der Waals surface area contributed by atoms with Crippen LogP contribution in [0, 0.1) is 0 Å². The lowest BCUT2D eigenvalue weighted by atomic mass is 9.98. The summed E-state index contributed by atoms with van der Waals surface area (Å²) < 4.78 is 11.3. The highest BCUT2D eigenvalue weighted by Gasteiger charge is 2.22. The molecule has 0 aliphatic rings.